The Kier molecular flexibility index (Phi) is 7.86. The fourth-order valence-corrected chi connectivity index (χ4v) is 4.55. The average Bonchev–Trinajstić information content (AvgIpc) is 2.75. The maximum absolute atomic E-state index is 13.3. The number of rotatable bonds is 5. The summed E-state index contributed by atoms with van der Waals surface area (Å²) in [5.41, 5.74) is -1.27. The van der Waals surface area contributed by atoms with Gasteiger partial charge < -0.3 is 10.6 Å². The molecule has 2 fully saturated rings. The van der Waals surface area contributed by atoms with Crippen LogP contribution in [-0.2, 0) is 15.8 Å². The van der Waals surface area contributed by atoms with E-state index in [1.165, 1.54) is 18.6 Å². The van der Waals surface area contributed by atoms with Crippen LogP contribution in [0.15, 0.2) is 18.2 Å². The van der Waals surface area contributed by atoms with Gasteiger partial charge in [-0.2, -0.15) is 13.2 Å². The summed E-state index contributed by atoms with van der Waals surface area (Å²) in [5.74, 6) is -0.262. The van der Waals surface area contributed by atoms with Gasteiger partial charge in [-0.25, -0.2) is 0 Å². The van der Waals surface area contributed by atoms with E-state index in [-0.39, 0.29) is 28.6 Å². The summed E-state index contributed by atoms with van der Waals surface area (Å²) in [4.78, 5) is 27.0. The van der Waals surface area contributed by atoms with E-state index in [1.807, 2.05) is 4.90 Å². The number of benzene rings is 1. The zero-order chi connectivity index (χ0) is 22.6. The average molecular weight is 460 g/mol. The third-order valence-electron chi connectivity index (χ3n) is 6.32. The molecular formula is C22H29ClF3N3O2. The molecule has 0 aromatic heterocycles. The number of halogens is 4. The van der Waals surface area contributed by atoms with Crippen LogP contribution in [0.3, 0.4) is 0 Å². The third-order valence-corrected chi connectivity index (χ3v) is 6.56. The molecule has 1 aliphatic carbocycles. The summed E-state index contributed by atoms with van der Waals surface area (Å²) in [6.45, 7) is 2.87. The van der Waals surface area contributed by atoms with E-state index >= 15 is 0 Å². The molecule has 0 bridgehead atoms. The third kappa shape index (κ3) is 6.35. The van der Waals surface area contributed by atoms with Crippen molar-refractivity contribution >= 4 is 29.1 Å². The number of anilines is 1. The van der Waals surface area contributed by atoms with Gasteiger partial charge >= 0.3 is 6.18 Å². The number of hydrogen-bond acceptors (Lipinski definition) is 3. The molecule has 1 atom stereocenters. The molecule has 0 radical (unpaired) electrons. The molecule has 172 valence electrons. The molecule has 2 N–H and O–H groups in total. The van der Waals surface area contributed by atoms with Crippen molar-refractivity contribution in [3.05, 3.63) is 28.8 Å². The number of carbonyl (C=O) groups is 2. The first-order valence-electron chi connectivity index (χ1n) is 10.9. The first-order chi connectivity index (χ1) is 14.6. The highest BCUT2D eigenvalue weighted by molar-refractivity contribution is 6.30. The minimum atomic E-state index is -4.62. The molecule has 1 unspecified atom stereocenters. The molecule has 1 aromatic rings. The molecular weight excluding hydrogens is 431 g/mol. The predicted octanol–water partition coefficient (Wildman–Crippen LogP) is 4.85. The number of piperidine rings is 1. The molecule has 0 spiro atoms. The minimum Gasteiger partial charge on any atom is -0.353 e. The second-order valence-corrected chi connectivity index (χ2v) is 8.94. The van der Waals surface area contributed by atoms with Crippen LogP contribution in [0.4, 0.5) is 18.9 Å². The summed E-state index contributed by atoms with van der Waals surface area (Å²) in [7, 11) is 0. The second kappa shape index (κ2) is 10.2. The molecule has 2 amide bonds. The Hall–Kier alpha value is -1.80. The highest BCUT2D eigenvalue weighted by Gasteiger charge is 2.35. The van der Waals surface area contributed by atoms with Crippen LogP contribution in [0, 0.1) is 5.92 Å². The van der Waals surface area contributed by atoms with Gasteiger partial charge in [-0.1, -0.05) is 30.9 Å². The lowest BCUT2D eigenvalue weighted by Crippen LogP contribution is -2.51. The minimum absolute atomic E-state index is 0.0456. The number of amides is 2. The number of alkyl halides is 3. The van der Waals surface area contributed by atoms with Crippen molar-refractivity contribution in [3.63, 3.8) is 0 Å². The van der Waals surface area contributed by atoms with Gasteiger partial charge in [-0.15, -0.1) is 0 Å². The van der Waals surface area contributed by atoms with E-state index < -0.39 is 23.7 Å². The summed E-state index contributed by atoms with van der Waals surface area (Å²) < 4.78 is 39.8. The normalized spacial score (nSPS) is 20.3. The summed E-state index contributed by atoms with van der Waals surface area (Å²) in [6.07, 6.45) is 2.11. The molecule has 2 aliphatic rings. The standard InChI is InChI=1S/C22H29ClF3N3O2/c1-14(20(30)28-19-8-7-16(23)13-18(19)22(24,25)26)29-11-9-17(10-12-29)27-21(31)15-5-3-2-4-6-15/h7-8,13-15,17H,2-6,9-12H2,1H3,(H,27,31)(H,28,30). The van der Waals surface area contributed by atoms with E-state index in [2.05, 4.69) is 10.6 Å². The SMILES string of the molecule is CC(C(=O)Nc1ccc(Cl)cc1C(F)(F)F)N1CCC(NC(=O)C2CCCCC2)CC1. The lowest BCUT2D eigenvalue weighted by atomic mass is 9.88. The molecule has 1 heterocycles. The first-order valence-corrected chi connectivity index (χ1v) is 11.2. The summed E-state index contributed by atoms with van der Waals surface area (Å²) in [5, 5.41) is 5.50. The first kappa shape index (κ1) is 23.9. The van der Waals surface area contributed by atoms with Crippen LogP contribution in [0.1, 0.15) is 57.4 Å². The number of likely N-dealkylation sites (tertiary alicyclic amines) is 1. The maximum Gasteiger partial charge on any atom is 0.418 e. The van der Waals surface area contributed by atoms with Gasteiger partial charge in [0.05, 0.1) is 17.3 Å². The molecule has 9 heteroatoms. The highest BCUT2D eigenvalue weighted by Crippen LogP contribution is 2.36. The van der Waals surface area contributed by atoms with Crippen LogP contribution < -0.4 is 10.6 Å². The lowest BCUT2D eigenvalue weighted by Gasteiger charge is -2.36. The van der Waals surface area contributed by atoms with Crippen LogP contribution in [-0.4, -0.2) is 41.9 Å². The zero-order valence-electron chi connectivity index (χ0n) is 17.6. The molecule has 1 saturated heterocycles. The Morgan fingerprint density at radius 1 is 1.10 bits per heavy atom. The quantitative estimate of drug-likeness (QED) is 0.662. The van der Waals surface area contributed by atoms with E-state index in [0.717, 1.165) is 31.7 Å². The summed E-state index contributed by atoms with van der Waals surface area (Å²) >= 11 is 5.69. The number of nitrogens with one attached hydrogen (secondary N) is 2. The van der Waals surface area contributed by atoms with Crippen molar-refractivity contribution in [3.8, 4) is 0 Å². The van der Waals surface area contributed by atoms with Gasteiger partial charge in [0.1, 0.15) is 0 Å². The highest BCUT2D eigenvalue weighted by atomic mass is 35.5. The van der Waals surface area contributed by atoms with Crippen molar-refractivity contribution in [1.82, 2.24) is 10.2 Å². The largest absolute Gasteiger partial charge is 0.418 e. The Balaban J connectivity index is 1.52. The van der Waals surface area contributed by atoms with Gasteiger partial charge in [0, 0.05) is 30.1 Å². The van der Waals surface area contributed by atoms with E-state index in [9.17, 15) is 22.8 Å². The summed E-state index contributed by atoms with van der Waals surface area (Å²) in [6, 6.07) is 2.78. The van der Waals surface area contributed by atoms with Gasteiger partial charge in [0.15, 0.2) is 0 Å². The van der Waals surface area contributed by atoms with Crippen molar-refractivity contribution < 1.29 is 22.8 Å². The van der Waals surface area contributed by atoms with Crippen molar-refractivity contribution in [2.24, 2.45) is 5.92 Å². The van der Waals surface area contributed by atoms with Crippen molar-refractivity contribution in [2.45, 2.75) is 70.1 Å². The number of carbonyl (C=O) groups excluding carboxylic acids is 2. The van der Waals surface area contributed by atoms with Crippen LogP contribution in [0.25, 0.3) is 0 Å². The Morgan fingerprint density at radius 2 is 1.74 bits per heavy atom. The smallest absolute Gasteiger partial charge is 0.353 e. The van der Waals surface area contributed by atoms with Crippen LogP contribution in [0.2, 0.25) is 5.02 Å². The van der Waals surface area contributed by atoms with Crippen LogP contribution >= 0.6 is 11.6 Å². The molecule has 1 aliphatic heterocycles. The fourth-order valence-electron chi connectivity index (χ4n) is 4.38. The molecule has 3 rings (SSSR count). The monoisotopic (exact) mass is 459 g/mol. The van der Waals surface area contributed by atoms with Gasteiger partial charge in [0.2, 0.25) is 11.8 Å². The lowest BCUT2D eigenvalue weighted by molar-refractivity contribution is -0.137. The molecule has 1 saturated carbocycles. The van der Waals surface area contributed by atoms with Crippen LogP contribution in [0.5, 0.6) is 0 Å². The molecule has 1 aromatic carbocycles. The Labute approximate surface area is 185 Å². The van der Waals surface area contributed by atoms with Gasteiger partial charge in [0.25, 0.3) is 0 Å². The van der Waals surface area contributed by atoms with Gasteiger partial charge in [-0.3, -0.25) is 14.5 Å². The Bertz CT molecular complexity index is 789. The topological polar surface area (TPSA) is 61.4 Å². The predicted molar refractivity (Wildman–Crippen MR) is 114 cm³/mol. The van der Waals surface area contributed by atoms with E-state index in [0.29, 0.717) is 25.9 Å². The van der Waals surface area contributed by atoms with E-state index in [1.54, 1.807) is 6.92 Å². The molecule has 5 nitrogen and oxygen atoms in total. The van der Waals surface area contributed by atoms with Crippen molar-refractivity contribution in [1.29, 1.82) is 0 Å². The number of hydrogen-bond donors (Lipinski definition) is 2. The maximum atomic E-state index is 13.3. The molecule has 31 heavy (non-hydrogen) atoms. The van der Waals surface area contributed by atoms with Gasteiger partial charge in [-0.05, 0) is 50.8 Å². The van der Waals surface area contributed by atoms with E-state index in [4.69, 9.17) is 11.6 Å². The van der Waals surface area contributed by atoms with Crippen molar-refractivity contribution in [2.75, 3.05) is 18.4 Å². The zero-order valence-corrected chi connectivity index (χ0v) is 18.4. The number of nitrogens with zero attached hydrogens (tertiary/aromatic N) is 1. The Morgan fingerprint density at radius 3 is 2.35 bits per heavy atom. The fraction of sp³-hybridized carbons (Fsp3) is 0.636. The second-order valence-electron chi connectivity index (χ2n) is 8.51.